The Morgan fingerprint density at radius 2 is 1.95 bits per heavy atom. The predicted octanol–water partition coefficient (Wildman–Crippen LogP) is 2.83. The van der Waals surface area contributed by atoms with E-state index >= 15 is 0 Å². The smallest absolute Gasteiger partial charge is 0.270 e. The number of nitrogens with one attached hydrogen (secondary N) is 4. The van der Waals surface area contributed by atoms with Crippen molar-refractivity contribution >= 4 is 41.3 Å². The fraction of sp³-hybridized carbons (Fsp3) is 0.370. The Labute approximate surface area is 221 Å². The van der Waals surface area contributed by atoms with Crippen LogP contribution < -0.4 is 16.0 Å². The Morgan fingerprint density at radius 3 is 2.71 bits per heavy atom. The van der Waals surface area contributed by atoms with E-state index in [2.05, 4.69) is 41.0 Å². The summed E-state index contributed by atoms with van der Waals surface area (Å²) in [7, 11) is 0. The van der Waals surface area contributed by atoms with Crippen LogP contribution in [0.2, 0.25) is 0 Å². The van der Waals surface area contributed by atoms with Crippen LogP contribution in [0.1, 0.15) is 40.4 Å². The molecule has 3 aromatic rings. The zero-order valence-corrected chi connectivity index (χ0v) is 21.4. The van der Waals surface area contributed by atoms with Gasteiger partial charge in [-0.25, -0.2) is 9.97 Å². The number of carbonyl (C=O) groups is 2. The molecule has 1 aromatic carbocycles. The third-order valence-corrected chi connectivity index (χ3v) is 6.28. The van der Waals surface area contributed by atoms with Gasteiger partial charge in [-0.1, -0.05) is 18.2 Å². The summed E-state index contributed by atoms with van der Waals surface area (Å²) in [5, 5.41) is 16.1. The van der Waals surface area contributed by atoms with Crippen LogP contribution in [0.5, 0.6) is 0 Å². The Bertz CT molecular complexity index is 1310. The van der Waals surface area contributed by atoms with Gasteiger partial charge in [0.15, 0.2) is 11.6 Å². The Hall–Kier alpha value is -4.09. The van der Waals surface area contributed by atoms with Gasteiger partial charge in [0.1, 0.15) is 11.5 Å². The second kappa shape index (κ2) is 12.0. The molecule has 0 spiro atoms. The minimum atomic E-state index is -0.277. The summed E-state index contributed by atoms with van der Waals surface area (Å²) in [6.45, 7) is 6.32. The van der Waals surface area contributed by atoms with Crippen molar-refractivity contribution in [3.8, 4) is 0 Å². The maximum atomic E-state index is 13.0. The number of amides is 2. The van der Waals surface area contributed by atoms with Crippen LogP contribution >= 0.6 is 0 Å². The molecule has 2 fully saturated rings. The number of morpholine rings is 1. The average Bonchev–Trinajstić information content (AvgIpc) is 3.70. The molecular formula is C27H32N8O3. The van der Waals surface area contributed by atoms with Crippen LogP contribution in [0.3, 0.4) is 0 Å². The summed E-state index contributed by atoms with van der Waals surface area (Å²) >= 11 is 0. The van der Waals surface area contributed by atoms with E-state index in [1.165, 1.54) is 0 Å². The molecule has 2 aliphatic rings. The number of carbonyl (C=O) groups excluding carboxylic acids is 2. The zero-order chi connectivity index (χ0) is 26.3. The molecule has 1 aliphatic carbocycles. The van der Waals surface area contributed by atoms with Gasteiger partial charge in [0.25, 0.3) is 5.91 Å². The van der Waals surface area contributed by atoms with E-state index in [4.69, 9.17) is 4.74 Å². The van der Waals surface area contributed by atoms with E-state index in [0.717, 1.165) is 49.4 Å². The first-order chi connectivity index (χ1) is 18.5. The number of H-pyrrole nitrogens is 1. The summed E-state index contributed by atoms with van der Waals surface area (Å²) < 4.78 is 5.38. The third kappa shape index (κ3) is 7.24. The lowest BCUT2D eigenvalue weighted by atomic mass is 10.2. The molecule has 2 aromatic heterocycles. The second-order valence-corrected chi connectivity index (χ2v) is 9.49. The molecule has 2 amide bonds. The van der Waals surface area contributed by atoms with Gasteiger partial charge in [0.2, 0.25) is 5.91 Å². The van der Waals surface area contributed by atoms with Gasteiger partial charge in [-0.2, -0.15) is 5.10 Å². The van der Waals surface area contributed by atoms with E-state index in [1.807, 2.05) is 43.3 Å². The predicted molar refractivity (Wildman–Crippen MR) is 145 cm³/mol. The fourth-order valence-electron chi connectivity index (χ4n) is 4.06. The molecule has 0 unspecified atom stereocenters. The summed E-state index contributed by atoms with van der Waals surface area (Å²) in [6, 6.07) is 11.0. The first-order valence-electron chi connectivity index (χ1n) is 12.9. The minimum Gasteiger partial charge on any atom is -0.379 e. The first kappa shape index (κ1) is 25.6. The molecule has 38 heavy (non-hydrogen) atoms. The molecule has 1 aliphatic heterocycles. The van der Waals surface area contributed by atoms with Crippen molar-refractivity contribution in [1.29, 1.82) is 0 Å². The number of nitrogens with zero attached hydrogens (tertiary/aromatic N) is 4. The van der Waals surface area contributed by atoms with Crippen molar-refractivity contribution in [3.05, 3.63) is 59.2 Å². The Kier molecular flexibility index (Phi) is 8.05. The van der Waals surface area contributed by atoms with Crippen molar-refractivity contribution < 1.29 is 14.3 Å². The van der Waals surface area contributed by atoms with Crippen LogP contribution in [0.4, 0.5) is 17.3 Å². The number of aromatic amines is 1. The van der Waals surface area contributed by atoms with Crippen LogP contribution in [0.15, 0.2) is 36.4 Å². The highest BCUT2D eigenvalue weighted by molar-refractivity contribution is 5.94. The molecule has 1 saturated heterocycles. The lowest BCUT2D eigenvalue weighted by Gasteiger charge is -2.26. The molecule has 0 radical (unpaired) electrons. The van der Waals surface area contributed by atoms with Crippen LogP contribution in [0.25, 0.3) is 12.2 Å². The maximum Gasteiger partial charge on any atom is 0.270 e. The minimum absolute atomic E-state index is 0.0612. The van der Waals surface area contributed by atoms with Gasteiger partial charge >= 0.3 is 0 Å². The maximum absolute atomic E-state index is 13.0. The molecular weight excluding hydrogens is 484 g/mol. The summed E-state index contributed by atoms with van der Waals surface area (Å²) in [5.74, 6) is 1.33. The SMILES string of the molecule is Cc1cc(Nc2cc(C(=O)NCCN3CCOCC3)nc(/C=C/c3cccc(NC(=O)C4CC4)c3)n2)n[nH]1. The average molecular weight is 517 g/mol. The molecule has 11 nitrogen and oxygen atoms in total. The van der Waals surface area contributed by atoms with Crippen molar-refractivity contribution in [1.82, 2.24) is 30.4 Å². The van der Waals surface area contributed by atoms with Crippen molar-refractivity contribution in [2.24, 2.45) is 5.92 Å². The van der Waals surface area contributed by atoms with Gasteiger partial charge in [-0.15, -0.1) is 0 Å². The number of rotatable bonds is 10. The number of anilines is 3. The van der Waals surface area contributed by atoms with Crippen molar-refractivity contribution in [2.45, 2.75) is 19.8 Å². The van der Waals surface area contributed by atoms with Crippen LogP contribution in [-0.4, -0.2) is 76.3 Å². The highest BCUT2D eigenvalue weighted by Crippen LogP contribution is 2.30. The van der Waals surface area contributed by atoms with Gasteiger partial charge in [0.05, 0.1) is 13.2 Å². The van der Waals surface area contributed by atoms with Crippen LogP contribution in [-0.2, 0) is 9.53 Å². The van der Waals surface area contributed by atoms with Gasteiger partial charge < -0.3 is 20.7 Å². The van der Waals surface area contributed by atoms with Gasteiger partial charge in [-0.3, -0.25) is 19.6 Å². The van der Waals surface area contributed by atoms with E-state index in [0.29, 0.717) is 37.2 Å². The number of hydrogen-bond donors (Lipinski definition) is 4. The number of ether oxygens (including phenoxy) is 1. The largest absolute Gasteiger partial charge is 0.379 e. The molecule has 198 valence electrons. The molecule has 5 rings (SSSR count). The second-order valence-electron chi connectivity index (χ2n) is 9.49. The molecule has 0 atom stereocenters. The topological polar surface area (TPSA) is 137 Å². The molecule has 4 N–H and O–H groups in total. The van der Waals surface area contributed by atoms with E-state index in [1.54, 1.807) is 12.1 Å². The molecule has 11 heteroatoms. The summed E-state index contributed by atoms with van der Waals surface area (Å²) in [5.41, 5.74) is 2.77. The molecule has 3 heterocycles. The molecule has 1 saturated carbocycles. The van der Waals surface area contributed by atoms with Crippen LogP contribution in [0, 0.1) is 12.8 Å². The molecule has 0 bridgehead atoms. The zero-order valence-electron chi connectivity index (χ0n) is 21.4. The highest BCUT2D eigenvalue weighted by atomic mass is 16.5. The number of aryl methyl sites for hydroxylation is 1. The van der Waals surface area contributed by atoms with Gasteiger partial charge in [0, 0.05) is 55.6 Å². The quantitative estimate of drug-likeness (QED) is 0.323. The highest BCUT2D eigenvalue weighted by Gasteiger charge is 2.29. The monoisotopic (exact) mass is 516 g/mol. The number of benzene rings is 1. The van der Waals surface area contributed by atoms with Crippen molar-refractivity contribution in [2.75, 3.05) is 50.0 Å². The first-order valence-corrected chi connectivity index (χ1v) is 12.9. The summed E-state index contributed by atoms with van der Waals surface area (Å²) in [4.78, 5) is 36.4. The van der Waals surface area contributed by atoms with E-state index < -0.39 is 0 Å². The normalized spacial score (nSPS) is 15.9. The third-order valence-electron chi connectivity index (χ3n) is 6.28. The fourth-order valence-corrected chi connectivity index (χ4v) is 4.06. The van der Waals surface area contributed by atoms with Crippen molar-refractivity contribution in [3.63, 3.8) is 0 Å². The van der Waals surface area contributed by atoms with E-state index in [9.17, 15) is 9.59 Å². The Balaban J connectivity index is 1.30. The lowest BCUT2D eigenvalue weighted by molar-refractivity contribution is -0.117. The standard InChI is InChI=1S/C27H32N8O3/c1-18-15-25(34-33-18)32-24-17-22(27(37)28-9-10-35-11-13-38-14-12-35)30-23(31-24)8-5-19-3-2-4-21(16-19)29-26(36)20-6-7-20/h2-5,8,15-17,20H,6-7,9-14H2,1H3,(H,28,37)(H,29,36)(H2,30,31,32,33,34)/b8-5+. The van der Waals surface area contributed by atoms with E-state index in [-0.39, 0.29) is 23.4 Å². The number of aromatic nitrogens is 4. The lowest BCUT2D eigenvalue weighted by Crippen LogP contribution is -2.41. The number of hydrogen-bond acceptors (Lipinski definition) is 8. The summed E-state index contributed by atoms with van der Waals surface area (Å²) in [6.07, 6.45) is 5.50. The van der Waals surface area contributed by atoms with Gasteiger partial charge in [-0.05, 0) is 43.5 Å². The Morgan fingerprint density at radius 1 is 1.11 bits per heavy atom.